The van der Waals surface area contributed by atoms with E-state index in [0.717, 1.165) is 62.0 Å². The molecule has 0 aliphatic carbocycles. The minimum atomic E-state index is -3.49. The third-order valence-corrected chi connectivity index (χ3v) is 8.09. The molecule has 2 aliphatic rings. The first-order valence-electron chi connectivity index (χ1n) is 11.8. The van der Waals surface area contributed by atoms with Crippen molar-refractivity contribution in [3.05, 3.63) is 66.5 Å². The van der Waals surface area contributed by atoms with Crippen LogP contribution in [0.2, 0.25) is 0 Å². The molecule has 33 heavy (non-hydrogen) atoms. The van der Waals surface area contributed by atoms with Crippen LogP contribution < -0.4 is 10.0 Å². The van der Waals surface area contributed by atoms with E-state index in [1.807, 2.05) is 30.6 Å². The predicted octanol–water partition coefficient (Wildman–Crippen LogP) is 4.06. The van der Waals surface area contributed by atoms with Crippen molar-refractivity contribution in [2.45, 2.75) is 38.3 Å². The highest BCUT2D eigenvalue weighted by atomic mass is 32.2. The lowest BCUT2D eigenvalue weighted by Crippen LogP contribution is -2.39. The van der Waals surface area contributed by atoms with Gasteiger partial charge in [0.1, 0.15) is 0 Å². The van der Waals surface area contributed by atoms with Crippen LogP contribution >= 0.6 is 0 Å². The summed E-state index contributed by atoms with van der Waals surface area (Å²) in [4.78, 5) is 6.64. The Balaban J connectivity index is 1.20. The Morgan fingerprint density at radius 3 is 2.73 bits per heavy atom. The van der Waals surface area contributed by atoms with Crippen LogP contribution in [0.1, 0.15) is 31.2 Å². The number of pyridine rings is 1. The molecular formula is C25H31N5O2S. The third-order valence-electron chi connectivity index (χ3n) is 6.55. The van der Waals surface area contributed by atoms with Gasteiger partial charge in [0.2, 0.25) is 0 Å². The largest absolute Gasteiger partial charge is 0.380 e. The summed E-state index contributed by atoms with van der Waals surface area (Å²) in [5, 5.41) is 6.05. The summed E-state index contributed by atoms with van der Waals surface area (Å²) in [7, 11) is -3.49. The molecule has 2 fully saturated rings. The molecule has 2 saturated heterocycles. The molecule has 1 unspecified atom stereocenters. The van der Waals surface area contributed by atoms with E-state index in [0.29, 0.717) is 24.8 Å². The van der Waals surface area contributed by atoms with E-state index in [1.54, 1.807) is 4.31 Å². The number of likely N-dealkylation sites (tertiary alicyclic amines) is 1. The molecule has 3 aromatic rings. The van der Waals surface area contributed by atoms with E-state index in [1.165, 1.54) is 5.39 Å². The molecule has 1 atom stereocenters. The number of hydrogen-bond donors (Lipinski definition) is 2. The summed E-state index contributed by atoms with van der Waals surface area (Å²) in [6, 6.07) is 16.5. The number of piperidine rings is 1. The van der Waals surface area contributed by atoms with Crippen LogP contribution in [0.3, 0.4) is 0 Å². The molecule has 0 spiro atoms. The number of rotatable bonds is 7. The number of anilines is 2. The van der Waals surface area contributed by atoms with E-state index in [4.69, 9.17) is 0 Å². The number of fused-ring (bicyclic) bond motifs is 1. The molecule has 3 heterocycles. The van der Waals surface area contributed by atoms with Crippen LogP contribution in [-0.2, 0) is 16.8 Å². The molecule has 0 saturated carbocycles. The summed E-state index contributed by atoms with van der Waals surface area (Å²) in [6.45, 7) is 3.96. The molecule has 0 bridgehead atoms. The number of aromatic nitrogens is 1. The molecule has 2 aliphatic heterocycles. The Kier molecular flexibility index (Phi) is 6.48. The van der Waals surface area contributed by atoms with Crippen molar-refractivity contribution in [3.63, 3.8) is 0 Å². The molecule has 0 radical (unpaired) electrons. The highest BCUT2D eigenvalue weighted by Crippen LogP contribution is 2.26. The van der Waals surface area contributed by atoms with Gasteiger partial charge in [-0.15, -0.1) is 0 Å². The van der Waals surface area contributed by atoms with Gasteiger partial charge in [0, 0.05) is 67.6 Å². The van der Waals surface area contributed by atoms with Gasteiger partial charge in [0.25, 0.3) is 0 Å². The van der Waals surface area contributed by atoms with Gasteiger partial charge in [-0.3, -0.25) is 14.6 Å². The second kappa shape index (κ2) is 9.67. The van der Waals surface area contributed by atoms with E-state index >= 15 is 0 Å². The first kappa shape index (κ1) is 22.1. The summed E-state index contributed by atoms with van der Waals surface area (Å²) in [5.74, 6) is 0. The number of hydrogen-bond acceptors (Lipinski definition) is 5. The standard InChI is InChI=1S/C25H31N5O2S/c31-33(32,30-13-2-1-3-14-30)28-22-8-4-6-20(16-22)18-29-15-11-23(19-29)27-25-9-5-7-21-17-26-12-10-24(21)25/h4-10,12,16-17,23,27-28H,1-3,11,13-15,18-19H2. The first-order chi connectivity index (χ1) is 16.1. The topological polar surface area (TPSA) is 77.6 Å². The highest BCUT2D eigenvalue weighted by Gasteiger charge is 2.25. The Morgan fingerprint density at radius 2 is 1.85 bits per heavy atom. The van der Waals surface area contributed by atoms with E-state index < -0.39 is 10.2 Å². The van der Waals surface area contributed by atoms with Gasteiger partial charge < -0.3 is 5.32 Å². The van der Waals surface area contributed by atoms with Crippen LogP contribution in [-0.4, -0.2) is 54.8 Å². The van der Waals surface area contributed by atoms with Crippen molar-refractivity contribution in [2.24, 2.45) is 0 Å². The third kappa shape index (κ3) is 5.29. The van der Waals surface area contributed by atoms with Crippen molar-refractivity contribution in [1.29, 1.82) is 0 Å². The maximum atomic E-state index is 12.7. The van der Waals surface area contributed by atoms with Crippen molar-refractivity contribution in [3.8, 4) is 0 Å². The summed E-state index contributed by atoms with van der Waals surface area (Å²) in [5.41, 5.74) is 2.90. The molecule has 8 heteroatoms. The fourth-order valence-corrected chi connectivity index (χ4v) is 6.17. The van der Waals surface area contributed by atoms with Crippen LogP contribution in [0.4, 0.5) is 11.4 Å². The van der Waals surface area contributed by atoms with Gasteiger partial charge in [-0.1, -0.05) is 30.7 Å². The Hall–Kier alpha value is -2.68. The molecule has 2 N–H and O–H groups in total. The predicted molar refractivity (Wildman–Crippen MR) is 133 cm³/mol. The number of nitrogens with zero attached hydrogens (tertiary/aromatic N) is 3. The zero-order chi connectivity index (χ0) is 22.7. The molecule has 0 amide bonds. The maximum Gasteiger partial charge on any atom is 0.301 e. The zero-order valence-corrected chi connectivity index (χ0v) is 19.6. The average Bonchev–Trinajstić information content (AvgIpc) is 3.26. The van der Waals surface area contributed by atoms with E-state index in [9.17, 15) is 8.42 Å². The Morgan fingerprint density at radius 1 is 1.00 bits per heavy atom. The van der Waals surface area contributed by atoms with Gasteiger partial charge in [-0.05, 0) is 49.1 Å². The van der Waals surface area contributed by atoms with Crippen LogP contribution in [0.15, 0.2) is 60.9 Å². The normalized spacial score (nSPS) is 20.2. The molecule has 174 valence electrons. The van der Waals surface area contributed by atoms with Crippen LogP contribution in [0, 0.1) is 0 Å². The first-order valence-corrected chi connectivity index (χ1v) is 13.2. The van der Waals surface area contributed by atoms with Crippen molar-refractivity contribution >= 4 is 32.4 Å². The van der Waals surface area contributed by atoms with Gasteiger partial charge in [-0.2, -0.15) is 12.7 Å². The number of nitrogens with one attached hydrogen (secondary N) is 2. The summed E-state index contributed by atoms with van der Waals surface area (Å²) in [6.07, 6.45) is 7.77. The molecule has 2 aromatic carbocycles. The number of benzene rings is 2. The fraction of sp³-hybridized carbons (Fsp3) is 0.400. The smallest absolute Gasteiger partial charge is 0.301 e. The second-order valence-electron chi connectivity index (χ2n) is 9.03. The van der Waals surface area contributed by atoms with Crippen molar-refractivity contribution < 1.29 is 8.42 Å². The summed E-state index contributed by atoms with van der Waals surface area (Å²) >= 11 is 0. The van der Waals surface area contributed by atoms with Crippen LogP contribution in [0.25, 0.3) is 10.8 Å². The lowest BCUT2D eigenvalue weighted by atomic mass is 10.1. The molecule has 1 aromatic heterocycles. The maximum absolute atomic E-state index is 12.7. The van der Waals surface area contributed by atoms with Gasteiger partial charge >= 0.3 is 10.2 Å². The SMILES string of the molecule is O=S(=O)(Nc1cccc(CN2CCC(Nc3cccc4cnccc34)C2)c1)N1CCCCC1. The highest BCUT2D eigenvalue weighted by molar-refractivity contribution is 7.90. The lowest BCUT2D eigenvalue weighted by molar-refractivity contribution is 0.329. The van der Waals surface area contributed by atoms with E-state index in [2.05, 4.69) is 50.3 Å². The lowest BCUT2D eigenvalue weighted by Gasteiger charge is -2.26. The van der Waals surface area contributed by atoms with E-state index in [-0.39, 0.29) is 0 Å². The second-order valence-corrected chi connectivity index (χ2v) is 10.7. The van der Waals surface area contributed by atoms with Crippen LogP contribution in [0.5, 0.6) is 0 Å². The Bertz CT molecular complexity index is 1200. The molecule has 7 nitrogen and oxygen atoms in total. The average molecular weight is 466 g/mol. The van der Waals surface area contributed by atoms with Gasteiger partial charge in [0.15, 0.2) is 0 Å². The fourth-order valence-electron chi connectivity index (χ4n) is 4.87. The minimum absolute atomic E-state index is 0.379. The quantitative estimate of drug-likeness (QED) is 0.550. The van der Waals surface area contributed by atoms with Gasteiger partial charge in [-0.25, -0.2) is 0 Å². The Labute approximate surface area is 196 Å². The zero-order valence-electron chi connectivity index (χ0n) is 18.8. The molecule has 5 rings (SSSR count). The van der Waals surface area contributed by atoms with Gasteiger partial charge in [0.05, 0.1) is 5.69 Å². The van der Waals surface area contributed by atoms with Crippen molar-refractivity contribution in [1.82, 2.24) is 14.2 Å². The molecular weight excluding hydrogens is 434 g/mol. The summed E-state index contributed by atoms with van der Waals surface area (Å²) < 4.78 is 29.8. The monoisotopic (exact) mass is 465 g/mol. The minimum Gasteiger partial charge on any atom is -0.380 e. The van der Waals surface area contributed by atoms with Crippen molar-refractivity contribution in [2.75, 3.05) is 36.2 Å².